The molecule has 8 nitrogen and oxygen atoms in total. The van der Waals surface area contributed by atoms with Crippen LogP contribution in [0.5, 0.6) is 0 Å². The van der Waals surface area contributed by atoms with Crippen LogP contribution in [0.2, 0.25) is 5.02 Å². The van der Waals surface area contributed by atoms with Crippen LogP contribution in [-0.2, 0) is 29.9 Å². The highest BCUT2D eigenvalue weighted by molar-refractivity contribution is 7.90. The monoisotopic (exact) mass is 495 g/mol. The van der Waals surface area contributed by atoms with Crippen molar-refractivity contribution in [3.05, 3.63) is 41.3 Å². The highest BCUT2D eigenvalue weighted by atomic mass is 35.5. The van der Waals surface area contributed by atoms with Crippen molar-refractivity contribution >= 4 is 38.9 Å². The van der Waals surface area contributed by atoms with Gasteiger partial charge in [-0.3, -0.25) is 14.7 Å². The molecular formula is C23H30ClN3O5S. The molecule has 0 bridgehead atoms. The number of hydrogen-bond acceptors (Lipinski definition) is 7. The van der Waals surface area contributed by atoms with Gasteiger partial charge in [-0.05, 0) is 37.5 Å². The molecule has 0 radical (unpaired) electrons. The first-order valence-electron chi connectivity index (χ1n) is 10.8. The quantitative estimate of drug-likeness (QED) is 0.467. The second-order valence-corrected chi connectivity index (χ2v) is 10.8. The number of aromatic nitrogens is 2. The lowest BCUT2D eigenvalue weighted by Gasteiger charge is -2.27. The molecule has 1 aromatic heterocycles. The summed E-state index contributed by atoms with van der Waals surface area (Å²) in [6.45, 7) is 1.71. The lowest BCUT2D eigenvalue weighted by Crippen LogP contribution is -2.30. The zero-order valence-corrected chi connectivity index (χ0v) is 20.9. The van der Waals surface area contributed by atoms with E-state index in [9.17, 15) is 13.2 Å². The number of anilines is 2. The third-order valence-electron chi connectivity index (χ3n) is 6.18. The van der Waals surface area contributed by atoms with Crippen LogP contribution >= 0.6 is 11.6 Å². The first kappa shape index (κ1) is 25.6. The van der Waals surface area contributed by atoms with Gasteiger partial charge in [0.15, 0.2) is 15.7 Å². The molecule has 3 rings (SSSR count). The number of benzene rings is 1. The van der Waals surface area contributed by atoms with Crippen LogP contribution in [0.4, 0.5) is 11.5 Å². The van der Waals surface area contributed by atoms with Crippen LogP contribution < -0.4 is 4.90 Å². The van der Waals surface area contributed by atoms with Crippen molar-refractivity contribution in [1.82, 2.24) is 9.97 Å². The maximum Gasteiger partial charge on any atom is 0.232 e. The second-order valence-electron chi connectivity index (χ2n) is 8.42. The van der Waals surface area contributed by atoms with Gasteiger partial charge in [0, 0.05) is 26.9 Å². The summed E-state index contributed by atoms with van der Waals surface area (Å²) >= 11 is 6.27. The summed E-state index contributed by atoms with van der Waals surface area (Å²) in [5.41, 5.74) is 0.868. The van der Waals surface area contributed by atoms with Crippen molar-refractivity contribution in [3.63, 3.8) is 0 Å². The van der Waals surface area contributed by atoms with Crippen LogP contribution in [0.25, 0.3) is 0 Å². The first-order chi connectivity index (χ1) is 15.6. The molecule has 1 amide bonds. The number of sulfone groups is 1. The van der Waals surface area contributed by atoms with E-state index in [1.165, 1.54) is 56.5 Å². The minimum Gasteiger partial charge on any atom is -0.348 e. The van der Waals surface area contributed by atoms with Gasteiger partial charge in [-0.25, -0.2) is 13.4 Å². The van der Waals surface area contributed by atoms with Crippen molar-refractivity contribution in [2.24, 2.45) is 5.92 Å². The van der Waals surface area contributed by atoms with Crippen LogP contribution in [0, 0.1) is 5.92 Å². The van der Waals surface area contributed by atoms with Gasteiger partial charge in [-0.15, -0.1) is 0 Å². The molecule has 0 N–H and O–H groups in total. The zero-order chi connectivity index (χ0) is 24.2. The van der Waals surface area contributed by atoms with Gasteiger partial charge in [-0.1, -0.05) is 37.3 Å². The molecule has 1 saturated carbocycles. The Balaban J connectivity index is 1.96. The Kier molecular flexibility index (Phi) is 8.10. The summed E-state index contributed by atoms with van der Waals surface area (Å²) in [6.07, 6.45) is 9.88. The smallest absolute Gasteiger partial charge is 0.232 e. The third kappa shape index (κ3) is 5.90. The summed E-state index contributed by atoms with van der Waals surface area (Å²) in [6, 6.07) is 4.42. The van der Waals surface area contributed by atoms with E-state index >= 15 is 0 Å². The van der Waals surface area contributed by atoms with E-state index in [4.69, 9.17) is 21.1 Å². The SMILES string of the molecule is COC(C)(OC)c1cnc(N(C(=O)CCC2CCCC2)c2ccc(S(C)(=O)=O)c(Cl)c2)cn1. The maximum absolute atomic E-state index is 13.3. The largest absolute Gasteiger partial charge is 0.348 e. The Hall–Kier alpha value is -2.07. The van der Waals surface area contributed by atoms with Crippen molar-refractivity contribution in [1.29, 1.82) is 0 Å². The van der Waals surface area contributed by atoms with E-state index in [1.54, 1.807) is 13.0 Å². The summed E-state index contributed by atoms with van der Waals surface area (Å²) in [4.78, 5) is 23.6. The number of hydrogen-bond donors (Lipinski definition) is 0. The minimum absolute atomic E-state index is 0.00339. The number of amides is 1. The van der Waals surface area contributed by atoms with E-state index in [0.29, 0.717) is 29.5 Å². The molecule has 33 heavy (non-hydrogen) atoms. The standard InChI is InChI=1S/C23H30ClN3O5S/c1-23(31-2,32-3)20-14-26-21(15-25-20)27(22(28)12-9-16-7-5-6-8-16)17-10-11-19(18(24)13-17)33(4,29)30/h10-11,13-16H,5-9,12H2,1-4H3. The summed E-state index contributed by atoms with van der Waals surface area (Å²) < 4.78 is 34.7. The average Bonchev–Trinajstić information content (AvgIpc) is 3.31. The van der Waals surface area contributed by atoms with E-state index in [1.807, 2.05) is 0 Å². The molecule has 0 aliphatic heterocycles. The molecule has 2 aromatic rings. The molecule has 1 aliphatic rings. The summed E-state index contributed by atoms with van der Waals surface area (Å²) in [7, 11) is -0.495. The lowest BCUT2D eigenvalue weighted by molar-refractivity contribution is -0.204. The Morgan fingerprint density at radius 1 is 1.18 bits per heavy atom. The molecule has 0 unspecified atom stereocenters. The zero-order valence-electron chi connectivity index (χ0n) is 19.4. The number of halogens is 1. The molecule has 10 heteroatoms. The number of carbonyl (C=O) groups excluding carboxylic acids is 1. The normalized spacial score (nSPS) is 15.1. The predicted octanol–water partition coefficient (Wildman–Crippen LogP) is 4.63. The second kappa shape index (κ2) is 10.5. The molecule has 1 aromatic carbocycles. The molecule has 0 saturated heterocycles. The van der Waals surface area contributed by atoms with Crippen molar-refractivity contribution in [2.45, 2.75) is 56.1 Å². The molecule has 1 heterocycles. The molecule has 0 atom stereocenters. The molecule has 180 valence electrons. The van der Waals surface area contributed by atoms with Crippen molar-refractivity contribution in [2.75, 3.05) is 25.4 Å². The van der Waals surface area contributed by atoms with Gasteiger partial charge < -0.3 is 9.47 Å². The Labute approximate surface area is 200 Å². The first-order valence-corrected chi connectivity index (χ1v) is 13.1. The number of nitrogens with zero attached hydrogens (tertiary/aromatic N) is 3. The maximum atomic E-state index is 13.3. The van der Waals surface area contributed by atoms with Crippen LogP contribution in [0.1, 0.15) is 51.1 Å². The number of rotatable bonds is 9. The Morgan fingerprint density at radius 3 is 2.36 bits per heavy atom. The van der Waals surface area contributed by atoms with Gasteiger partial charge in [-0.2, -0.15) is 0 Å². The lowest BCUT2D eigenvalue weighted by atomic mass is 10.0. The predicted molar refractivity (Wildman–Crippen MR) is 126 cm³/mol. The van der Waals surface area contributed by atoms with Crippen molar-refractivity contribution in [3.8, 4) is 0 Å². The van der Waals surface area contributed by atoms with Crippen LogP contribution in [0.15, 0.2) is 35.5 Å². The Morgan fingerprint density at radius 2 is 1.85 bits per heavy atom. The number of ether oxygens (including phenoxy) is 2. The molecule has 1 aliphatic carbocycles. The highest BCUT2D eigenvalue weighted by Gasteiger charge is 2.29. The van der Waals surface area contributed by atoms with E-state index < -0.39 is 15.6 Å². The fourth-order valence-electron chi connectivity index (χ4n) is 4.04. The third-order valence-corrected chi connectivity index (χ3v) is 7.76. The fourth-order valence-corrected chi connectivity index (χ4v) is 5.36. The molecular weight excluding hydrogens is 466 g/mol. The van der Waals surface area contributed by atoms with E-state index in [0.717, 1.165) is 25.5 Å². The number of carbonyl (C=O) groups is 1. The van der Waals surface area contributed by atoms with Gasteiger partial charge >= 0.3 is 0 Å². The summed E-state index contributed by atoms with van der Waals surface area (Å²) in [5.74, 6) is -0.394. The highest BCUT2D eigenvalue weighted by Crippen LogP contribution is 2.34. The number of methoxy groups -OCH3 is 2. The summed E-state index contributed by atoms with van der Waals surface area (Å²) in [5, 5.41) is 0.0412. The van der Waals surface area contributed by atoms with Gasteiger partial charge in [0.2, 0.25) is 11.7 Å². The molecule has 0 spiro atoms. The van der Waals surface area contributed by atoms with Crippen LogP contribution in [0.3, 0.4) is 0 Å². The van der Waals surface area contributed by atoms with Gasteiger partial charge in [0.25, 0.3) is 0 Å². The fraction of sp³-hybridized carbons (Fsp3) is 0.522. The molecule has 1 fully saturated rings. The van der Waals surface area contributed by atoms with E-state index in [-0.39, 0.29) is 15.8 Å². The van der Waals surface area contributed by atoms with Gasteiger partial charge in [0.05, 0.1) is 28.0 Å². The van der Waals surface area contributed by atoms with Crippen LogP contribution in [-0.4, -0.2) is 44.8 Å². The Bertz CT molecular complexity index is 1080. The van der Waals surface area contributed by atoms with E-state index in [2.05, 4.69) is 9.97 Å². The van der Waals surface area contributed by atoms with Gasteiger partial charge in [0.1, 0.15) is 5.69 Å². The minimum atomic E-state index is -3.50. The average molecular weight is 496 g/mol. The topological polar surface area (TPSA) is 98.7 Å². The van der Waals surface area contributed by atoms with Crippen molar-refractivity contribution < 1.29 is 22.7 Å².